The van der Waals surface area contributed by atoms with Gasteiger partial charge in [0.25, 0.3) is 0 Å². The van der Waals surface area contributed by atoms with Gasteiger partial charge in [0, 0.05) is 18.3 Å². The molecule has 2 saturated heterocycles. The highest BCUT2D eigenvalue weighted by molar-refractivity contribution is 8.13. The number of nitrogens with zero attached hydrogens (tertiary/aromatic N) is 2. The van der Waals surface area contributed by atoms with E-state index in [0.29, 0.717) is 0 Å². The average Bonchev–Trinajstić information content (AvgIpc) is 2.97. The van der Waals surface area contributed by atoms with Crippen LogP contribution in [0, 0.1) is 5.92 Å². The Bertz CT molecular complexity index is 313. The fraction of sp³-hybridized carbons (Fsp3) is 0.933. The first-order chi connectivity index (χ1) is 9.42. The van der Waals surface area contributed by atoms with Gasteiger partial charge in [0.05, 0.1) is 0 Å². The number of nitrogens with one attached hydrogen (secondary N) is 1. The van der Waals surface area contributed by atoms with Gasteiger partial charge in [-0.25, -0.2) is 0 Å². The van der Waals surface area contributed by atoms with E-state index >= 15 is 0 Å². The Balaban J connectivity index is 1.38. The first kappa shape index (κ1) is 13.7. The molecule has 0 amide bonds. The molecule has 2 atom stereocenters. The third-order valence-corrected chi connectivity index (χ3v) is 5.85. The Labute approximate surface area is 121 Å². The highest BCUT2D eigenvalue weighted by atomic mass is 32.2. The standard InChI is InChI=1S/C15H27N3S/c1-2-7-14-13(6-1)12-19-15(17-14)16-8-5-11-18-9-3-4-10-18/h13-14H,1-12H2,(H,16,17). The summed E-state index contributed by atoms with van der Waals surface area (Å²) in [6, 6.07) is 0.729. The molecule has 0 radical (unpaired) electrons. The van der Waals surface area contributed by atoms with E-state index in [4.69, 9.17) is 4.99 Å². The first-order valence-corrected chi connectivity index (χ1v) is 9.06. The van der Waals surface area contributed by atoms with E-state index in [0.717, 1.165) is 18.5 Å². The summed E-state index contributed by atoms with van der Waals surface area (Å²) in [6.45, 7) is 4.87. The van der Waals surface area contributed by atoms with Crippen LogP contribution in [0.4, 0.5) is 0 Å². The summed E-state index contributed by atoms with van der Waals surface area (Å²) in [5.74, 6) is 2.20. The quantitative estimate of drug-likeness (QED) is 0.803. The number of fused-ring (bicyclic) bond motifs is 1. The van der Waals surface area contributed by atoms with E-state index in [9.17, 15) is 0 Å². The van der Waals surface area contributed by atoms with Gasteiger partial charge >= 0.3 is 0 Å². The number of amidine groups is 1. The zero-order chi connectivity index (χ0) is 12.9. The van der Waals surface area contributed by atoms with Crippen LogP contribution in [0.3, 0.4) is 0 Å². The summed E-state index contributed by atoms with van der Waals surface area (Å²) in [6.07, 6.45) is 9.64. The van der Waals surface area contributed by atoms with Gasteiger partial charge in [-0.1, -0.05) is 24.6 Å². The minimum absolute atomic E-state index is 0.729. The molecule has 1 saturated carbocycles. The van der Waals surface area contributed by atoms with Crippen molar-refractivity contribution in [1.29, 1.82) is 0 Å². The number of rotatable bonds is 4. The summed E-state index contributed by atoms with van der Waals surface area (Å²) in [7, 11) is 0. The van der Waals surface area contributed by atoms with Gasteiger partial charge in [-0.15, -0.1) is 0 Å². The number of likely N-dealkylation sites (tertiary alicyclic amines) is 1. The van der Waals surface area contributed by atoms with Gasteiger partial charge in [-0.2, -0.15) is 0 Å². The zero-order valence-electron chi connectivity index (χ0n) is 11.9. The minimum Gasteiger partial charge on any atom is -0.362 e. The maximum atomic E-state index is 4.78. The van der Waals surface area contributed by atoms with Gasteiger partial charge in [0.1, 0.15) is 0 Å². The van der Waals surface area contributed by atoms with Gasteiger partial charge in [0.2, 0.25) is 0 Å². The first-order valence-electron chi connectivity index (χ1n) is 8.08. The van der Waals surface area contributed by atoms with Crippen molar-refractivity contribution in [3.63, 3.8) is 0 Å². The molecule has 1 N–H and O–H groups in total. The summed E-state index contributed by atoms with van der Waals surface area (Å²) in [5.41, 5.74) is 0. The summed E-state index contributed by atoms with van der Waals surface area (Å²) in [4.78, 5) is 7.36. The second-order valence-corrected chi connectivity index (χ2v) is 7.20. The van der Waals surface area contributed by atoms with Crippen molar-refractivity contribution in [2.45, 2.75) is 51.0 Å². The maximum Gasteiger partial charge on any atom is 0.156 e. The van der Waals surface area contributed by atoms with Crippen LogP contribution in [0.25, 0.3) is 0 Å². The number of thioether (sulfide) groups is 1. The lowest BCUT2D eigenvalue weighted by atomic mass is 9.86. The number of hydrogen-bond donors (Lipinski definition) is 1. The Kier molecular flexibility index (Phi) is 5.05. The van der Waals surface area contributed by atoms with Crippen molar-refractivity contribution in [2.24, 2.45) is 10.9 Å². The molecule has 3 nitrogen and oxygen atoms in total. The zero-order valence-corrected chi connectivity index (χ0v) is 12.8. The van der Waals surface area contributed by atoms with Crippen molar-refractivity contribution in [1.82, 2.24) is 10.2 Å². The van der Waals surface area contributed by atoms with Crippen molar-refractivity contribution < 1.29 is 0 Å². The highest BCUT2D eigenvalue weighted by Gasteiger charge is 2.29. The third-order valence-electron chi connectivity index (χ3n) is 4.74. The lowest BCUT2D eigenvalue weighted by molar-refractivity contribution is 0.310. The lowest BCUT2D eigenvalue weighted by Crippen LogP contribution is -2.46. The molecular weight excluding hydrogens is 254 g/mol. The van der Waals surface area contributed by atoms with Crippen molar-refractivity contribution in [3.8, 4) is 0 Å². The third kappa shape index (κ3) is 3.88. The smallest absolute Gasteiger partial charge is 0.156 e. The Hall–Kier alpha value is -0.220. The SMILES string of the molecule is C1CCC2NC(=NCCCN3CCCC3)SCC2C1. The van der Waals surface area contributed by atoms with Crippen LogP contribution in [0.1, 0.15) is 44.9 Å². The molecule has 3 rings (SSSR count). The van der Waals surface area contributed by atoms with Crippen LogP contribution in [0.2, 0.25) is 0 Å². The van der Waals surface area contributed by atoms with E-state index < -0.39 is 0 Å². The fourth-order valence-corrected chi connectivity index (χ4v) is 4.74. The van der Waals surface area contributed by atoms with Crippen LogP contribution < -0.4 is 5.32 Å². The molecule has 19 heavy (non-hydrogen) atoms. The molecule has 0 aromatic carbocycles. The van der Waals surface area contributed by atoms with Crippen molar-refractivity contribution >= 4 is 16.9 Å². The van der Waals surface area contributed by atoms with E-state index in [-0.39, 0.29) is 0 Å². The van der Waals surface area contributed by atoms with Crippen LogP contribution in [0.15, 0.2) is 4.99 Å². The Morgan fingerprint density at radius 1 is 1.16 bits per heavy atom. The lowest BCUT2D eigenvalue weighted by Gasteiger charge is -2.36. The molecule has 2 aliphatic heterocycles. The fourth-order valence-electron chi connectivity index (χ4n) is 3.56. The normalized spacial score (nSPS) is 34.2. The van der Waals surface area contributed by atoms with Crippen molar-refractivity contribution in [3.05, 3.63) is 0 Å². The van der Waals surface area contributed by atoms with E-state index in [1.807, 2.05) is 11.8 Å². The molecule has 4 heteroatoms. The van der Waals surface area contributed by atoms with Crippen LogP contribution in [0.5, 0.6) is 0 Å². The molecule has 0 bridgehead atoms. The van der Waals surface area contributed by atoms with Crippen LogP contribution >= 0.6 is 11.8 Å². The Morgan fingerprint density at radius 2 is 2.00 bits per heavy atom. The highest BCUT2D eigenvalue weighted by Crippen LogP contribution is 2.31. The molecule has 0 spiro atoms. The Morgan fingerprint density at radius 3 is 2.89 bits per heavy atom. The van der Waals surface area contributed by atoms with Crippen LogP contribution in [-0.2, 0) is 0 Å². The topological polar surface area (TPSA) is 27.6 Å². The predicted molar refractivity (Wildman–Crippen MR) is 83.9 cm³/mol. The van der Waals surface area contributed by atoms with E-state index in [2.05, 4.69) is 10.2 Å². The molecule has 0 aromatic heterocycles. The van der Waals surface area contributed by atoms with Gasteiger partial charge < -0.3 is 10.2 Å². The second kappa shape index (κ2) is 6.98. The van der Waals surface area contributed by atoms with Crippen LogP contribution in [-0.4, -0.2) is 48.0 Å². The number of aliphatic imine (C=N–C) groups is 1. The summed E-state index contributed by atoms with van der Waals surface area (Å²) >= 11 is 1.96. The molecule has 2 unspecified atom stereocenters. The minimum atomic E-state index is 0.729. The molecule has 3 aliphatic rings. The molecule has 3 fully saturated rings. The predicted octanol–water partition coefficient (Wildman–Crippen LogP) is 2.72. The average molecular weight is 281 g/mol. The number of hydrogen-bond acceptors (Lipinski definition) is 3. The molecule has 108 valence electrons. The second-order valence-electron chi connectivity index (χ2n) is 6.20. The largest absolute Gasteiger partial charge is 0.362 e. The summed E-state index contributed by atoms with van der Waals surface area (Å²) < 4.78 is 0. The summed E-state index contributed by atoms with van der Waals surface area (Å²) in [5, 5.41) is 4.91. The van der Waals surface area contributed by atoms with E-state index in [1.54, 1.807) is 0 Å². The molecule has 0 aromatic rings. The molecule has 2 heterocycles. The van der Waals surface area contributed by atoms with E-state index in [1.165, 1.54) is 75.5 Å². The molecular formula is C15H27N3S. The van der Waals surface area contributed by atoms with Gasteiger partial charge in [-0.05, 0) is 57.7 Å². The van der Waals surface area contributed by atoms with Gasteiger partial charge in [-0.3, -0.25) is 4.99 Å². The van der Waals surface area contributed by atoms with Gasteiger partial charge in [0.15, 0.2) is 5.17 Å². The molecule has 1 aliphatic carbocycles. The monoisotopic (exact) mass is 281 g/mol. The maximum absolute atomic E-state index is 4.78. The van der Waals surface area contributed by atoms with Crippen molar-refractivity contribution in [2.75, 3.05) is 31.9 Å².